The monoisotopic (exact) mass is 500 g/mol. The summed E-state index contributed by atoms with van der Waals surface area (Å²) in [5, 5.41) is 14.0. The predicted octanol–water partition coefficient (Wildman–Crippen LogP) is 0.730. The van der Waals surface area contributed by atoms with Gasteiger partial charge in [-0.05, 0) is 42.9 Å². The molecule has 1 unspecified atom stereocenters. The topological polar surface area (TPSA) is 188 Å². The van der Waals surface area contributed by atoms with Gasteiger partial charge in [0, 0.05) is 18.2 Å². The van der Waals surface area contributed by atoms with Crippen molar-refractivity contribution in [2.45, 2.75) is 22.3 Å². The molecule has 13 nitrogen and oxygen atoms in total. The van der Waals surface area contributed by atoms with E-state index in [1.165, 1.54) is 6.07 Å². The third kappa shape index (κ3) is 3.19. The zero-order valence-electron chi connectivity index (χ0n) is 17.9. The fourth-order valence-electron chi connectivity index (χ4n) is 4.58. The Bertz CT molecular complexity index is 1670. The van der Waals surface area contributed by atoms with Crippen molar-refractivity contribution >= 4 is 36.9 Å². The summed E-state index contributed by atoms with van der Waals surface area (Å²) in [6, 6.07) is 8.45. The summed E-state index contributed by atoms with van der Waals surface area (Å²) < 4.78 is 47.4. The molecule has 0 saturated carbocycles. The van der Waals surface area contributed by atoms with E-state index < -0.39 is 19.9 Å². The molecule has 1 saturated heterocycles. The number of likely N-dealkylation sites (N-methyl/N-ethyl adjacent to an activating group) is 1. The maximum absolute atomic E-state index is 13.9. The van der Waals surface area contributed by atoms with Gasteiger partial charge in [0.1, 0.15) is 4.90 Å². The van der Waals surface area contributed by atoms with Crippen molar-refractivity contribution in [3.8, 4) is 22.5 Å². The number of tetrazole rings is 1. The Kier molecular flexibility index (Phi) is 4.54. The molecular weight excluding hydrogens is 480 g/mol. The lowest BCUT2D eigenvalue weighted by Gasteiger charge is -2.16. The van der Waals surface area contributed by atoms with Crippen molar-refractivity contribution in [2.75, 3.05) is 25.9 Å². The van der Waals surface area contributed by atoms with Crippen molar-refractivity contribution in [1.29, 1.82) is 0 Å². The van der Waals surface area contributed by atoms with Gasteiger partial charge in [0.25, 0.3) is 10.0 Å². The van der Waals surface area contributed by atoms with Gasteiger partial charge >= 0.3 is 0 Å². The highest BCUT2D eigenvalue weighted by atomic mass is 32.3. The van der Waals surface area contributed by atoms with Crippen LogP contribution in [0, 0.1) is 0 Å². The number of rotatable bonds is 4. The number of imidazole rings is 1. The van der Waals surface area contributed by atoms with Gasteiger partial charge in [-0.1, -0.05) is 22.0 Å². The SMILES string of the molecule is CN1CC[C@@H](NS2(=O)=NS(=O)(=O)c3c2ccc(-c2cccc4[nH]c(N)nc24)c3-c2nn[nH]n2)C1. The minimum atomic E-state index is -4.30. The van der Waals surface area contributed by atoms with Crippen LogP contribution in [0.15, 0.2) is 43.9 Å². The minimum Gasteiger partial charge on any atom is -0.369 e. The van der Waals surface area contributed by atoms with E-state index >= 15 is 0 Å². The molecule has 0 radical (unpaired) electrons. The summed E-state index contributed by atoms with van der Waals surface area (Å²) in [7, 11) is -5.80. The third-order valence-electron chi connectivity index (χ3n) is 5.99. The Morgan fingerprint density at radius 1 is 1.18 bits per heavy atom. The zero-order chi connectivity index (χ0) is 23.7. The van der Waals surface area contributed by atoms with Gasteiger partial charge in [0.05, 0.1) is 21.5 Å². The third-order valence-corrected chi connectivity index (χ3v) is 10.3. The molecule has 15 heteroatoms. The number of nitrogens with one attached hydrogen (secondary N) is 3. The molecule has 176 valence electrons. The summed E-state index contributed by atoms with van der Waals surface area (Å²) in [6.45, 7) is 1.46. The Labute approximate surface area is 194 Å². The average Bonchev–Trinajstić information content (AvgIpc) is 3.55. The van der Waals surface area contributed by atoms with Crippen LogP contribution in [0.5, 0.6) is 0 Å². The fraction of sp³-hybridized carbons (Fsp3) is 0.263. The molecule has 4 heterocycles. The molecule has 1 fully saturated rings. The zero-order valence-corrected chi connectivity index (χ0v) is 19.5. The van der Waals surface area contributed by atoms with Crippen molar-refractivity contribution in [2.24, 2.45) is 3.77 Å². The molecule has 0 spiro atoms. The van der Waals surface area contributed by atoms with Crippen LogP contribution in [0.25, 0.3) is 33.5 Å². The van der Waals surface area contributed by atoms with Gasteiger partial charge in [-0.3, -0.25) is 0 Å². The number of nitrogen functional groups attached to an aromatic ring is 1. The van der Waals surface area contributed by atoms with Crippen LogP contribution >= 0.6 is 0 Å². The van der Waals surface area contributed by atoms with Gasteiger partial charge in [0.2, 0.25) is 5.82 Å². The molecule has 0 amide bonds. The molecule has 2 aliphatic rings. The first-order chi connectivity index (χ1) is 16.2. The van der Waals surface area contributed by atoms with E-state index in [2.05, 4.69) is 44.0 Å². The standard InChI is InChI=1S/C19H20N10O3S2/c1-29-8-7-10(9-29)25-33(30)14-6-5-11(12-3-2-4-13-16(12)22-19(20)21-13)15(18-23-26-27-24-18)17(14)34(31,32)28-33/h2-6,10H,7-9H2,1H3,(H3,20,21,22)(H,25,28,30)(H,23,24,26,27)/t10-,33?/m1/s1. The van der Waals surface area contributed by atoms with Gasteiger partial charge < -0.3 is 15.6 Å². The lowest BCUT2D eigenvalue weighted by molar-refractivity contribution is 0.408. The number of hydrogen-bond acceptors (Lipinski definition) is 9. The second kappa shape index (κ2) is 7.30. The maximum Gasteiger partial charge on any atom is 0.293 e. The number of benzene rings is 2. The highest BCUT2D eigenvalue weighted by molar-refractivity contribution is 8.05. The van der Waals surface area contributed by atoms with Gasteiger partial charge in [-0.15, -0.1) is 10.2 Å². The summed E-state index contributed by atoms with van der Waals surface area (Å²) in [4.78, 5) is 9.29. The summed E-state index contributed by atoms with van der Waals surface area (Å²) in [5.74, 6) is 0.261. The van der Waals surface area contributed by atoms with Crippen molar-refractivity contribution in [1.82, 2.24) is 40.2 Å². The number of nitrogens with zero attached hydrogens (tertiary/aromatic N) is 6. The van der Waals surface area contributed by atoms with Crippen LogP contribution in [0.3, 0.4) is 0 Å². The smallest absolute Gasteiger partial charge is 0.293 e. The van der Waals surface area contributed by atoms with Crippen LogP contribution < -0.4 is 10.5 Å². The highest BCUT2D eigenvalue weighted by Crippen LogP contribution is 2.45. The molecule has 6 rings (SSSR count). The average molecular weight is 501 g/mol. The number of fused-ring (bicyclic) bond motifs is 2. The molecule has 2 atom stereocenters. The molecule has 0 aliphatic carbocycles. The first kappa shape index (κ1) is 21.2. The van der Waals surface area contributed by atoms with Crippen LogP contribution in [0.1, 0.15) is 6.42 Å². The summed E-state index contributed by atoms with van der Waals surface area (Å²) >= 11 is 0. The second-order valence-electron chi connectivity index (χ2n) is 8.32. The molecule has 0 bridgehead atoms. The van der Waals surface area contributed by atoms with E-state index in [1.807, 2.05) is 13.1 Å². The van der Waals surface area contributed by atoms with Crippen LogP contribution in [0.2, 0.25) is 0 Å². The van der Waals surface area contributed by atoms with Crippen LogP contribution in [-0.2, 0) is 19.9 Å². The van der Waals surface area contributed by atoms with Crippen LogP contribution in [0.4, 0.5) is 5.95 Å². The highest BCUT2D eigenvalue weighted by Gasteiger charge is 2.41. The molecule has 5 N–H and O–H groups in total. The van der Waals surface area contributed by atoms with Gasteiger partial charge in [-0.25, -0.2) is 13.9 Å². The number of likely N-dealkylation sites (tertiary alicyclic amines) is 1. The normalized spacial score (nSPS) is 23.9. The number of anilines is 1. The quantitative estimate of drug-likeness (QED) is 0.313. The van der Waals surface area contributed by atoms with Gasteiger partial charge in [0.15, 0.2) is 15.9 Å². The number of aromatic nitrogens is 6. The number of para-hydroxylation sites is 1. The minimum absolute atomic E-state index is 0.0374. The number of hydrogen-bond donors (Lipinski definition) is 4. The maximum atomic E-state index is 13.9. The van der Waals surface area contributed by atoms with Crippen molar-refractivity contribution in [3.63, 3.8) is 0 Å². The molecule has 4 aromatic rings. The number of sulfonamides is 1. The predicted molar refractivity (Wildman–Crippen MR) is 124 cm³/mol. The number of aromatic amines is 2. The lowest BCUT2D eigenvalue weighted by Crippen LogP contribution is -2.35. The number of nitrogens with two attached hydrogens (primary N) is 1. The Hall–Kier alpha value is -3.40. The van der Waals surface area contributed by atoms with Crippen LogP contribution in [-0.4, -0.2) is 74.3 Å². The van der Waals surface area contributed by atoms with Crippen molar-refractivity contribution in [3.05, 3.63) is 30.3 Å². The molecule has 2 aliphatic heterocycles. The first-order valence-electron chi connectivity index (χ1n) is 10.4. The Morgan fingerprint density at radius 2 is 2.03 bits per heavy atom. The van der Waals surface area contributed by atoms with E-state index in [1.54, 1.807) is 18.2 Å². The molecule has 34 heavy (non-hydrogen) atoms. The Morgan fingerprint density at radius 3 is 2.76 bits per heavy atom. The number of H-pyrrole nitrogens is 2. The van der Waals surface area contributed by atoms with E-state index in [9.17, 15) is 12.6 Å². The van der Waals surface area contributed by atoms with E-state index in [-0.39, 0.29) is 33.2 Å². The molecule has 2 aromatic carbocycles. The molecular formula is C19H20N10O3S2. The Balaban J connectivity index is 1.62. The summed E-state index contributed by atoms with van der Waals surface area (Å²) in [5.41, 5.74) is 8.31. The first-order valence-corrected chi connectivity index (χ1v) is 13.4. The van der Waals surface area contributed by atoms with E-state index in [0.29, 0.717) is 28.7 Å². The largest absolute Gasteiger partial charge is 0.369 e. The second-order valence-corrected chi connectivity index (χ2v) is 12.0. The fourth-order valence-corrected chi connectivity index (χ4v) is 9.29. The van der Waals surface area contributed by atoms with Crippen molar-refractivity contribution < 1.29 is 12.6 Å². The van der Waals surface area contributed by atoms with E-state index in [4.69, 9.17) is 5.73 Å². The lowest BCUT2D eigenvalue weighted by atomic mass is 9.98. The van der Waals surface area contributed by atoms with E-state index in [0.717, 1.165) is 13.0 Å². The molecule has 2 aromatic heterocycles. The van der Waals surface area contributed by atoms with Gasteiger partial charge in [-0.2, -0.15) is 13.6 Å². The summed E-state index contributed by atoms with van der Waals surface area (Å²) in [6.07, 6.45) is 0.733.